The van der Waals surface area contributed by atoms with Gasteiger partial charge in [-0.15, -0.1) is 0 Å². The Morgan fingerprint density at radius 3 is 2.31 bits per heavy atom. The topological polar surface area (TPSA) is 113 Å². The normalized spacial score (nSPS) is 11.1. The van der Waals surface area contributed by atoms with Gasteiger partial charge in [0.1, 0.15) is 11.3 Å². The van der Waals surface area contributed by atoms with Gasteiger partial charge in [0.2, 0.25) is 10.0 Å². The average Bonchev–Trinajstić information content (AvgIpc) is 2.60. The minimum absolute atomic E-state index is 0.112. The number of sulfonamides is 1. The van der Waals surface area contributed by atoms with Gasteiger partial charge in [-0.25, -0.2) is 18.4 Å². The largest absolute Gasteiger partial charge is 0.496 e. The van der Waals surface area contributed by atoms with E-state index >= 15 is 0 Å². The highest BCUT2D eigenvalue weighted by molar-refractivity contribution is 7.89. The van der Waals surface area contributed by atoms with Crippen LogP contribution in [0.15, 0.2) is 41.3 Å². The third kappa shape index (κ3) is 4.47. The monoisotopic (exact) mass is 377 g/mol. The molecule has 2 aromatic rings. The smallest absolute Gasteiger partial charge is 0.342 e. The number of methoxy groups -OCH3 is 1. The van der Waals surface area contributed by atoms with Gasteiger partial charge in [-0.2, -0.15) is 0 Å². The number of aryl methyl sites for hydroxylation is 2. The van der Waals surface area contributed by atoms with Crippen molar-refractivity contribution in [3.05, 3.63) is 58.7 Å². The first-order valence-electron chi connectivity index (χ1n) is 7.62. The van der Waals surface area contributed by atoms with Crippen molar-refractivity contribution in [1.29, 1.82) is 0 Å². The van der Waals surface area contributed by atoms with E-state index in [4.69, 9.17) is 14.6 Å². The van der Waals surface area contributed by atoms with E-state index in [2.05, 4.69) is 0 Å². The van der Waals surface area contributed by atoms with Crippen molar-refractivity contribution in [2.75, 3.05) is 13.7 Å². The molecule has 0 aromatic heterocycles. The Morgan fingerprint density at radius 2 is 1.73 bits per heavy atom. The molecule has 0 aliphatic carbocycles. The second kappa shape index (κ2) is 7.67. The fourth-order valence-electron chi connectivity index (χ4n) is 2.23. The first-order chi connectivity index (χ1) is 12.1. The van der Waals surface area contributed by atoms with Crippen molar-refractivity contribution >= 4 is 21.8 Å². The number of nitrogens with two attached hydrogens (primary N) is 1. The molecule has 7 nitrogen and oxygen atoms in total. The summed E-state index contributed by atoms with van der Waals surface area (Å²) in [5.41, 5.74) is 2.28. The van der Waals surface area contributed by atoms with Crippen LogP contribution in [0.1, 0.15) is 31.8 Å². The molecule has 0 aliphatic rings. The van der Waals surface area contributed by atoms with Gasteiger partial charge in [-0.1, -0.05) is 12.1 Å². The molecule has 0 saturated heterocycles. The molecule has 0 atom stereocenters. The van der Waals surface area contributed by atoms with E-state index in [0.29, 0.717) is 5.56 Å². The lowest BCUT2D eigenvalue weighted by atomic mass is 10.0. The molecular weight excluding hydrogens is 358 g/mol. The second-order valence-electron chi connectivity index (χ2n) is 5.71. The number of rotatable bonds is 6. The molecule has 138 valence electrons. The Labute approximate surface area is 151 Å². The van der Waals surface area contributed by atoms with Crippen LogP contribution in [0.5, 0.6) is 5.75 Å². The van der Waals surface area contributed by atoms with E-state index in [9.17, 15) is 18.0 Å². The van der Waals surface area contributed by atoms with E-state index in [1.54, 1.807) is 12.1 Å². The highest BCUT2D eigenvalue weighted by Crippen LogP contribution is 2.23. The van der Waals surface area contributed by atoms with E-state index < -0.39 is 22.6 Å². The van der Waals surface area contributed by atoms with Crippen molar-refractivity contribution in [2.24, 2.45) is 5.14 Å². The molecule has 0 bridgehead atoms. The van der Waals surface area contributed by atoms with Crippen LogP contribution in [-0.2, 0) is 14.8 Å². The molecule has 2 N–H and O–H groups in total. The number of hydrogen-bond acceptors (Lipinski definition) is 6. The number of primary sulfonamides is 1. The van der Waals surface area contributed by atoms with Crippen LogP contribution in [0.3, 0.4) is 0 Å². The number of ether oxygens (including phenoxy) is 2. The van der Waals surface area contributed by atoms with Crippen molar-refractivity contribution in [2.45, 2.75) is 18.7 Å². The zero-order chi connectivity index (χ0) is 19.5. The fraction of sp³-hybridized carbons (Fsp3) is 0.222. The molecule has 0 unspecified atom stereocenters. The van der Waals surface area contributed by atoms with Crippen LogP contribution >= 0.6 is 0 Å². The van der Waals surface area contributed by atoms with Crippen LogP contribution in [0.4, 0.5) is 0 Å². The minimum atomic E-state index is -4.00. The summed E-state index contributed by atoms with van der Waals surface area (Å²) in [7, 11) is -2.67. The summed E-state index contributed by atoms with van der Waals surface area (Å²) in [6.07, 6.45) is 0. The Bertz CT molecular complexity index is 966. The summed E-state index contributed by atoms with van der Waals surface area (Å²) < 4.78 is 33.0. The third-order valence-corrected chi connectivity index (χ3v) is 4.79. The number of esters is 1. The van der Waals surface area contributed by atoms with Crippen LogP contribution in [-0.4, -0.2) is 33.9 Å². The molecule has 0 amide bonds. The Balaban J connectivity index is 2.19. The van der Waals surface area contributed by atoms with E-state index in [1.807, 2.05) is 19.9 Å². The number of carbonyl (C=O) groups is 2. The average molecular weight is 377 g/mol. The molecular formula is C18H19NO6S. The molecule has 0 aliphatic heterocycles. The van der Waals surface area contributed by atoms with Crippen molar-refractivity contribution in [3.63, 3.8) is 0 Å². The molecule has 26 heavy (non-hydrogen) atoms. The predicted octanol–water partition coefficient (Wildman–Crippen LogP) is 2.00. The van der Waals surface area contributed by atoms with Crippen molar-refractivity contribution < 1.29 is 27.5 Å². The van der Waals surface area contributed by atoms with Crippen molar-refractivity contribution in [1.82, 2.24) is 0 Å². The first kappa shape index (κ1) is 19.6. The van der Waals surface area contributed by atoms with Crippen LogP contribution < -0.4 is 9.88 Å². The fourth-order valence-corrected chi connectivity index (χ4v) is 2.77. The number of Topliss-reactive ketones (excluding diaryl/α,β-unsaturated/α-hetero) is 1. The molecule has 2 aromatic carbocycles. The zero-order valence-electron chi connectivity index (χ0n) is 14.6. The SMILES string of the molecule is COc1ccc(S(N)(=O)=O)cc1C(=O)OCC(=O)c1ccc(C)c(C)c1. The molecule has 0 saturated carbocycles. The van der Waals surface area contributed by atoms with Crippen molar-refractivity contribution in [3.8, 4) is 5.75 Å². The lowest BCUT2D eigenvalue weighted by Gasteiger charge is -2.10. The van der Waals surface area contributed by atoms with E-state index in [-0.39, 0.29) is 22.0 Å². The summed E-state index contributed by atoms with van der Waals surface area (Å²) >= 11 is 0. The Morgan fingerprint density at radius 1 is 1.04 bits per heavy atom. The zero-order valence-corrected chi connectivity index (χ0v) is 15.4. The molecule has 2 rings (SSSR count). The molecule has 0 spiro atoms. The van der Waals surface area contributed by atoms with Gasteiger partial charge in [-0.3, -0.25) is 4.79 Å². The number of carbonyl (C=O) groups excluding carboxylic acids is 2. The molecule has 0 radical (unpaired) electrons. The standard InChI is InChI=1S/C18H19NO6S/c1-11-4-5-13(8-12(11)2)16(20)10-25-18(21)15-9-14(26(19,22)23)6-7-17(15)24-3/h4-9H,10H2,1-3H3,(H2,19,22,23). The quantitative estimate of drug-likeness (QED) is 0.608. The summed E-state index contributed by atoms with van der Waals surface area (Å²) in [6.45, 7) is 3.32. The van der Waals surface area contributed by atoms with E-state index in [1.165, 1.54) is 19.2 Å². The van der Waals surface area contributed by atoms with Gasteiger partial charge in [-0.05, 0) is 49.2 Å². The number of ketones is 1. The Hall–Kier alpha value is -2.71. The number of benzene rings is 2. The predicted molar refractivity (Wildman–Crippen MR) is 94.9 cm³/mol. The lowest BCUT2D eigenvalue weighted by molar-refractivity contribution is 0.0471. The third-order valence-electron chi connectivity index (χ3n) is 3.88. The summed E-state index contributed by atoms with van der Waals surface area (Å²) in [5, 5.41) is 5.07. The highest BCUT2D eigenvalue weighted by Gasteiger charge is 2.20. The maximum Gasteiger partial charge on any atom is 0.342 e. The van der Waals surface area contributed by atoms with Crippen LogP contribution in [0.2, 0.25) is 0 Å². The van der Waals surface area contributed by atoms with Gasteiger partial charge in [0.05, 0.1) is 12.0 Å². The summed E-state index contributed by atoms with van der Waals surface area (Å²) in [4.78, 5) is 24.2. The summed E-state index contributed by atoms with van der Waals surface area (Å²) in [5.74, 6) is -1.14. The lowest BCUT2D eigenvalue weighted by Crippen LogP contribution is -2.17. The molecule has 0 heterocycles. The van der Waals surface area contributed by atoms with Crippen LogP contribution in [0.25, 0.3) is 0 Å². The summed E-state index contributed by atoms with van der Waals surface area (Å²) in [6, 6.07) is 8.74. The molecule has 0 fully saturated rings. The van der Waals surface area contributed by atoms with Gasteiger partial charge < -0.3 is 9.47 Å². The molecule has 8 heteroatoms. The van der Waals surface area contributed by atoms with Crippen LogP contribution in [0, 0.1) is 13.8 Å². The minimum Gasteiger partial charge on any atom is -0.496 e. The highest BCUT2D eigenvalue weighted by atomic mass is 32.2. The number of hydrogen-bond donors (Lipinski definition) is 1. The Kier molecular flexibility index (Phi) is 5.79. The second-order valence-corrected chi connectivity index (χ2v) is 7.27. The van der Waals surface area contributed by atoms with Gasteiger partial charge in [0.25, 0.3) is 0 Å². The van der Waals surface area contributed by atoms with Gasteiger partial charge >= 0.3 is 5.97 Å². The van der Waals surface area contributed by atoms with Gasteiger partial charge in [0, 0.05) is 5.56 Å². The maximum atomic E-state index is 12.3. The van der Waals surface area contributed by atoms with Gasteiger partial charge in [0.15, 0.2) is 12.4 Å². The first-order valence-corrected chi connectivity index (χ1v) is 9.16. The van der Waals surface area contributed by atoms with E-state index in [0.717, 1.165) is 17.2 Å². The maximum absolute atomic E-state index is 12.3.